The number of nitrogens with zero attached hydrogens (tertiary/aromatic N) is 5. The molecule has 2 atom stereocenters. The van der Waals surface area contributed by atoms with Gasteiger partial charge in [-0.25, -0.2) is 4.68 Å². The van der Waals surface area contributed by atoms with Crippen LogP contribution >= 0.6 is 0 Å². The first-order chi connectivity index (χ1) is 13.4. The molecule has 1 fully saturated rings. The van der Waals surface area contributed by atoms with Crippen molar-refractivity contribution in [2.24, 2.45) is 20.0 Å². The van der Waals surface area contributed by atoms with E-state index in [-0.39, 0.29) is 5.56 Å². The predicted octanol–water partition coefficient (Wildman–Crippen LogP) is 2.09. The molecule has 0 aromatic carbocycles. The molecule has 1 aliphatic rings. The SMILES string of the molecule is Cc1noc(C)c1CCc1cc(OC[C@H]2C[C@@H]2c2ccn(C)n2)nn(C)c1=O. The van der Waals surface area contributed by atoms with Crippen LogP contribution < -0.4 is 10.3 Å². The minimum Gasteiger partial charge on any atom is -0.476 e. The van der Waals surface area contributed by atoms with Crippen LogP contribution in [0.1, 0.15) is 40.6 Å². The molecule has 148 valence electrons. The molecule has 3 aromatic heterocycles. The summed E-state index contributed by atoms with van der Waals surface area (Å²) in [5.41, 5.74) is 3.62. The lowest BCUT2D eigenvalue weighted by atomic mass is 10.0. The lowest BCUT2D eigenvalue weighted by molar-refractivity contribution is 0.277. The third-order valence-electron chi connectivity index (χ3n) is 5.42. The first-order valence-electron chi connectivity index (χ1n) is 9.53. The van der Waals surface area contributed by atoms with E-state index >= 15 is 0 Å². The number of aryl methyl sites for hydroxylation is 5. The molecule has 0 spiro atoms. The molecule has 8 nitrogen and oxygen atoms in total. The van der Waals surface area contributed by atoms with Crippen molar-refractivity contribution in [2.75, 3.05) is 6.61 Å². The average Bonchev–Trinajstić information content (AvgIpc) is 3.20. The third-order valence-corrected chi connectivity index (χ3v) is 5.42. The molecule has 0 bridgehead atoms. The summed E-state index contributed by atoms with van der Waals surface area (Å²) in [7, 11) is 3.58. The van der Waals surface area contributed by atoms with Gasteiger partial charge >= 0.3 is 0 Å². The summed E-state index contributed by atoms with van der Waals surface area (Å²) < 4.78 is 14.3. The Hall–Kier alpha value is -2.90. The van der Waals surface area contributed by atoms with Crippen molar-refractivity contribution in [1.82, 2.24) is 24.7 Å². The zero-order valence-electron chi connectivity index (χ0n) is 16.7. The predicted molar refractivity (Wildman–Crippen MR) is 102 cm³/mol. The quantitative estimate of drug-likeness (QED) is 0.621. The van der Waals surface area contributed by atoms with Crippen molar-refractivity contribution < 1.29 is 9.26 Å². The van der Waals surface area contributed by atoms with Crippen molar-refractivity contribution in [1.29, 1.82) is 0 Å². The van der Waals surface area contributed by atoms with Gasteiger partial charge in [-0.3, -0.25) is 9.48 Å². The van der Waals surface area contributed by atoms with Gasteiger partial charge in [0.25, 0.3) is 5.56 Å². The van der Waals surface area contributed by atoms with Gasteiger partial charge in [-0.05, 0) is 39.2 Å². The minimum atomic E-state index is -0.100. The smallest absolute Gasteiger partial charge is 0.269 e. The standard InChI is InChI=1S/C20H25N5O3/c1-12-16(13(2)28-23-12)6-5-14-10-19(22-25(4)20(14)26)27-11-15-9-17(15)18-7-8-24(3)21-18/h7-8,10,15,17H,5-6,9,11H2,1-4H3/t15-,17+/m1/s1. The molecule has 1 saturated carbocycles. The average molecular weight is 383 g/mol. The van der Waals surface area contributed by atoms with E-state index in [1.807, 2.05) is 31.8 Å². The largest absolute Gasteiger partial charge is 0.476 e. The van der Waals surface area contributed by atoms with Crippen LogP contribution in [0.4, 0.5) is 0 Å². The third kappa shape index (κ3) is 3.72. The maximum Gasteiger partial charge on any atom is 0.269 e. The Morgan fingerprint density at radius 1 is 1.25 bits per heavy atom. The highest BCUT2D eigenvalue weighted by atomic mass is 16.5. The number of ether oxygens (including phenoxy) is 1. The molecule has 4 rings (SSSR count). The lowest BCUT2D eigenvalue weighted by Gasteiger charge is -2.09. The highest BCUT2D eigenvalue weighted by molar-refractivity contribution is 5.25. The molecular weight excluding hydrogens is 358 g/mol. The molecule has 3 heterocycles. The lowest BCUT2D eigenvalue weighted by Crippen LogP contribution is -2.24. The molecular formula is C20H25N5O3. The minimum absolute atomic E-state index is 0.100. The molecule has 0 saturated heterocycles. The summed E-state index contributed by atoms with van der Waals surface area (Å²) in [6.07, 6.45) is 4.33. The fourth-order valence-electron chi connectivity index (χ4n) is 3.63. The Bertz CT molecular complexity index is 1030. The van der Waals surface area contributed by atoms with E-state index in [4.69, 9.17) is 9.26 Å². The highest BCUT2D eigenvalue weighted by Gasteiger charge is 2.40. The highest BCUT2D eigenvalue weighted by Crippen LogP contribution is 2.46. The molecule has 0 aliphatic heterocycles. The molecule has 28 heavy (non-hydrogen) atoms. The summed E-state index contributed by atoms with van der Waals surface area (Å²) in [6, 6.07) is 3.82. The molecule has 0 unspecified atom stereocenters. The summed E-state index contributed by atoms with van der Waals surface area (Å²) in [6.45, 7) is 4.39. The molecule has 1 aliphatic carbocycles. The molecule has 0 N–H and O–H groups in total. The van der Waals surface area contributed by atoms with Gasteiger partial charge in [0.15, 0.2) is 0 Å². The summed E-state index contributed by atoms with van der Waals surface area (Å²) >= 11 is 0. The van der Waals surface area contributed by atoms with Gasteiger partial charge in [0.2, 0.25) is 5.88 Å². The Morgan fingerprint density at radius 3 is 2.75 bits per heavy atom. The summed E-state index contributed by atoms with van der Waals surface area (Å²) in [5, 5.41) is 12.7. The maximum atomic E-state index is 12.4. The van der Waals surface area contributed by atoms with Gasteiger partial charge in [-0.2, -0.15) is 5.10 Å². The van der Waals surface area contributed by atoms with Gasteiger partial charge in [0.05, 0.1) is 18.0 Å². The monoisotopic (exact) mass is 383 g/mol. The number of hydrogen-bond donors (Lipinski definition) is 0. The fourth-order valence-corrected chi connectivity index (χ4v) is 3.63. The Balaban J connectivity index is 1.40. The normalized spacial score (nSPS) is 18.4. The number of aromatic nitrogens is 5. The van der Waals surface area contributed by atoms with Crippen molar-refractivity contribution in [3.63, 3.8) is 0 Å². The van der Waals surface area contributed by atoms with Crippen LogP contribution in [0, 0.1) is 19.8 Å². The number of hydrogen-bond acceptors (Lipinski definition) is 6. The molecule has 0 radical (unpaired) electrons. The second-order valence-electron chi connectivity index (χ2n) is 7.57. The Labute approximate surface area is 163 Å². The van der Waals surface area contributed by atoms with Crippen LogP contribution in [0.25, 0.3) is 0 Å². The summed E-state index contributed by atoms with van der Waals surface area (Å²) in [5.74, 6) is 2.18. The second-order valence-corrected chi connectivity index (χ2v) is 7.57. The molecule has 0 amide bonds. The van der Waals surface area contributed by atoms with Crippen LogP contribution in [0.3, 0.4) is 0 Å². The van der Waals surface area contributed by atoms with Gasteiger partial charge in [-0.15, -0.1) is 5.10 Å². The van der Waals surface area contributed by atoms with E-state index in [0.717, 1.165) is 29.1 Å². The van der Waals surface area contributed by atoms with E-state index in [9.17, 15) is 4.79 Å². The Kier molecular flexibility index (Phi) is 4.78. The zero-order chi connectivity index (χ0) is 19.8. The van der Waals surface area contributed by atoms with Gasteiger partial charge in [0, 0.05) is 49.3 Å². The van der Waals surface area contributed by atoms with Crippen molar-refractivity contribution in [3.8, 4) is 5.88 Å². The zero-order valence-corrected chi connectivity index (χ0v) is 16.7. The van der Waals surface area contributed by atoms with Crippen molar-refractivity contribution in [2.45, 2.75) is 39.0 Å². The molecule has 8 heteroatoms. The van der Waals surface area contributed by atoms with Crippen molar-refractivity contribution in [3.05, 3.63) is 57.0 Å². The topological polar surface area (TPSA) is 88.0 Å². The first kappa shape index (κ1) is 18.5. The van der Waals surface area contributed by atoms with E-state index in [0.29, 0.717) is 42.7 Å². The van der Waals surface area contributed by atoms with Crippen LogP contribution in [0.2, 0.25) is 0 Å². The first-order valence-corrected chi connectivity index (χ1v) is 9.53. The van der Waals surface area contributed by atoms with Crippen LogP contribution in [-0.4, -0.2) is 31.3 Å². The fraction of sp³-hybridized carbons (Fsp3) is 0.500. The number of rotatable bonds is 7. The van der Waals surface area contributed by atoms with E-state index in [2.05, 4.69) is 21.4 Å². The van der Waals surface area contributed by atoms with Gasteiger partial charge in [-0.1, -0.05) is 5.16 Å². The van der Waals surface area contributed by atoms with Gasteiger partial charge in [0.1, 0.15) is 5.76 Å². The maximum absolute atomic E-state index is 12.4. The molecule has 3 aromatic rings. The van der Waals surface area contributed by atoms with Gasteiger partial charge < -0.3 is 9.26 Å². The summed E-state index contributed by atoms with van der Waals surface area (Å²) in [4.78, 5) is 12.4. The van der Waals surface area contributed by atoms with E-state index < -0.39 is 0 Å². The van der Waals surface area contributed by atoms with E-state index in [1.54, 1.807) is 13.1 Å². The van der Waals surface area contributed by atoms with Crippen LogP contribution in [0.5, 0.6) is 5.88 Å². The van der Waals surface area contributed by atoms with E-state index in [1.165, 1.54) is 4.68 Å². The Morgan fingerprint density at radius 2 is 2.07 bits per heavy atom. The van der Waals surface area contributed by atoms with Crippen LogP contribution in [0.15, 0.2) is 27.6 Å². The van der Waals surface area contributed by atoms with Crippen molar-refractivity contribution >= 4 is 0 Å². The second kappa shape index (κ2) is 7.26. The van der Waals surface area contributed by atoms with Crippen LogP contribution in [-0.2, 0) is 26.9 Å².